The van der Waals surface area contributed by atoms with E-state index in [9.17, 15) is 4.79 Å². The van der Waals surface area contributed by atoms with Crippen molar-refractivity contribution in [2.45, 2.75) is 45.8 Å². The van der Waals surface area contributed by atoms with Crippen molar-refractivity contribution in [1.82, 2.24) is 10.3 Å². The van der Waals surface area contributed by atoms with Crippen LogP contribution in [0.5, 0.6) is 0 Å². The third-order valence-corrected chi connectivity index (χ3v) is 4.79. The minimum atomic E-state index is -0.474. The highest BCUT2D eigenvalue weighted by Gasteiger charge is 2.29. The Morgan fingerprint density at radius 1 is 1.52 bits per heavy atom. The van der Waals surface area contributed by atoms with E-state index in [1.165, 1.54) is 0 Å². The summed E-state index contributed by atoms with van der Waals surface area (Å²) in [6.45, 7) is 9.47. The van der Waals surface area contributed by atoms with Gasteiger partial charge in [0.2, 0.25) is 0 Å². The molecule has 1 fully saturated rings. The Hall–Kier alpha value is -0.760. The van der Waals surface area contributed by atoms with Crippen molar-refractivity contribution < 1.29 is 9.53 Å². The number of piperidine rings is 1. The molecule has 7 heteroatoms. The van der Waals surface area contributed by atoms with E-state index in [1.54, 1.807) is 6.20 Å². The quantitative estimate of drug-likeness (QED) is 0.544. The summed E-state index contributed by atoms with van der Waals surface area (Å²) in [4.78, 5) is 18.3. The van der Waals surface area contributed by atoms with E-state index < -0.39 is 5.60 Å². The van der Waals surface area contributed by atoms with E-state index in [2.05, 4.69) is 44.7 Å². The molecule has 0 aliphatic carbocycles. The van der Waals surface area contributed by atoms with Crippen molar-refractivity contribution >= 4 is 46.0 Å². The van der Waals surface area contributed by atoms with Crippen LogP contribution in [-0.2, 0) is 4.74 Å². The summed E-state index contributed by atoms with van der Waals surface area (Å²) in [5.74, 6) is 0.319. The second kappa shape index (κ2) is 7.42. The summed E-state index contributed by atoms with van der Waals surface area (Å²) in [6, 6.07) is 2.02. The molecule has 0 saturated carbocycles. The first-order valence-electron chi connectivity index (χ1n) is 7.71. The van der Waals surface area contributed by atoms with E-state index in [4.69, 9.17) is 16.3 Å². The molecule has 0 bridgehead atoms. The Balaban J connectivity index is 1.97. The molecule has 23 heavy (non-hydrogen) atoms. The number of alkyl carbamates (subject to hydrolysis) is 1. The number of carbonyl (C=O) groups is 1. The van der Waals surface area contributed by atoms with Crippen LogP contribution in [0.1, 0.15) is 34.1 Å². The molecule has 1 aliphatic heterocycles. The maximum atomic E-state index is 11.9. The summed E-state index contributed by atoms with van der Waals surface area (Å²) < 4.78 is 6.43. The van der Waals surface area contributed by atoms with Gasteiger partial charge in [-0.05, 0) is 61.8 Å². The summed E-state index contributed by atoms with van der Waals surface area (Å²) in [6.07, 6.45) is 2.31. The van der Waals surface area contributed by atoms with Crippen molar-refractivity contribution in [2.24, 2.45) is 5.92 Å². The minimum absolute atomic E-state index is 0.121. The molecular weight excluding hydrogens is 429 g/mol. The fraction of sp³-hybridized carbons (Fsp3) is 0.625. The van der Waals surface area contributed by atoms with E-state index in [0.29, 0.717) is 11.1 Å². The molecule has 5 nitrogen and oxygen atoms in total. The van der Waals surface area contributed by atoms with Gasteiger partial charge in [-0.3, -0.25) is 0 Å². The van der Waals surface area contributed by atoms with E-state index >= 15 is 0 Å². The molecule has 1 saturated heterocycles. The Morgan fingerprint density at radius 2 is 2.22 bits per heavy atom. The van der Waals surface area contributed by atoms with Crippen molar-refractivity contribution in [3.05, 3.63) is 21.0 Å². The van der Waals surface area contributed by atoms with Gasteiger partial charge >= 0.3 is 6.09 Å². The number of hydrogen-bond donors (Lipinski definition) is 1. The number of anilines is 1. The maximum absolute atomic E-state index is 11.9. The van der Waals surface area contributed by atoms with Gasteiger partial charge in [0.05, 0.1) is 9.26 Å². The molecule has 0 radical (unpaired) electrons. The molecule has 1 aliphatic rings. The van der Waals surface area contributed by atoms with Crippen LogP contribution in [0.4, 0.5) is 10.5 Å². The summed E-state index contributed by atoms with van der Waals surface area (Å²) in [5, 5.41) is 3.50. The van der Waals surface area contributed by atoms with Gasteiger partial charge in [-0.15, -0.1) is 0 Å². The van der Waals surface area contributed by atoms with Crippen LogP contribution >= 0.6 is 34.2 Å². The Bertz CT molecular complexity index is 577. The van der Waals surface area contributed by atoms with Gasteiger partial charge in [0, 0.05) is 25.3 Å². The number of hydrogen-bond acceptors (Lipinski definition) is 4. The van der Waals surface area contributed by atoms with E-state index in [0.717, 1.165) is 28.8 Å². The number of carbonyl (C=O) groups excluding carboxylic acids is 1. The Labute approximate surface area is 156 Å². The first-order valence-corrected chi connectivity index (χ1v) is 9.17. The van der Waals surface area contributed by atoms with E-state index in [1.807, 2.05) is 26.8 Å². The second-order valence-electron chi connectivity index (χ2n) is 6.92. The van der Waals surface area contributed by atoms with Gasteiger partial charge in [0.25, 0.3) is 0 Å². The third kappa shape index (κ3) is 5.38. The van der Waals surface area contributed by atoms with Crippen molar-refractivity contribution in [2.75, 3.05) is 18.0 Å². The summed E-state index contributed by atoms with van der Waals surface area (Å²) >= 11 is 8.29. The first kappa shape index (κ1) is 18.6. The number of nitrogens with one attached hydrogen (secondary N) is 1. The molecule has 128 valence electrons. The highest BCUT2D eigenvalue weighted by molar-refractivity contribution is 14.1. The van der Waals surface area contributed by atoms with E-state index in [-0.39, 0.29) is 12.1 Å². The summed E-state index contributed by atoms with van der Waals surface area (Å²) in [7, 11) is 0. The van der Waals surface area contributed by atoms with Crippen LogP contribution in [0.25, 0.3) is 0 Å². The normalized spacial score (nSPS) is 21.9. The van der Waals surface area contributed by atoms with Gasteiger partial charge in [0.1, 0.15) is 10.8 Å². The lowest BCUT2D eigenvalue weighted by atomic mass is 9.93. The fourth-order valence-corrected chi connectivity index (χ4v) is 3.47. The average molecular weight is 452 g/mol. The van der Waals surface area contributed by atoms with Crippen LogP contribution in [0.15, 0.2) is 12.3 Å². The molecule has 1 aromatic heterocycles. The second-order valence-corrected chi connectivity index (χ2v) is 8.47. The number of rotatable bonds is 2. The Morgan fingerprint density at radius 3 is 2.83 bits per heavy atom. The fourth-order valence-electron chi connectivity index (χ4n) is 2.68. The lowest BCUT2D eigenvalue weighted by Crippen LogP contribution is -2.51. The minimum Gasteiger partial charge on any atom is -0.444 e. The molecule has 0 spiro atoms. The zero-order chi connectivity index (χ0) is 17.2. The van der Waals surface area contributed by atoms with Crippen molar-refractivity contribution in [1.29, 1.82) is 0 Å². The third-order valence-electron chi connectivity index (χ3n) is 3.75. The van der Waals surface area contributed by atoms with Gasteiger partial charge in [-0.25, -0.2) is 9.78 Å². The highest BCUT2D eigenvalue weighted by Crippen LogP contribution is 2.29. The van der Waals surface area contributed by atoms with Crippen LogP contribution in [-0.4, -0.2) is 35.8 Å². The van der Waals surface area contributed by atoms with Gasteiger partial charge in [-0.2, -0.15) is 0 Å². The zero-order valence-electron chi connectivity index (χ0n) is 13.9. The van der Waals surface area contributed by atoms with Crippen LogP contribution in [0.2, 0.25) is 5.15 Å². The van der Waals surface area contributed by atoms with Crippen molar-refractivity contribution in [3.63, 3.8) is 0 Å². The maximum Gasteiger partial charge on any atom is 0.407 e. The number of pyridine rings is 1. The Kier molecular flexibility index (Phi) is 5.99. The number of nitrogens with zero attached hydrogens (tertiary/aromatic N) is 2. The molecule has 1 N–H and O–H groups in total. The predicted octanol–water partition coefficient (Wildman–Crippen LogP) is 4.08. The molecular formula is C16H23ClIN3O2. The SMILES string of the molecule is C[C@@H]1CN(c2cc(Cl)ncc2I)CC[C@H]1NC(=O)OC(C)(C)C. The largest absolute Gasteiger partial charge is 0.444 e. The lowest BCUT2D eigenvalue weighted by Gasteiger charge is -2.39. The molecule has 2 atom stereocenters. The monoisotopic (exact) mass is 451 g/mol. The molecule has 1 amide bonds. The van der Waals surface area contributed by atoms with Crippen molar-refractivity contribution in [3.8, 4) is 0 Å². The zero-order valence-corrected chi connectivity index (χ0v) is 16.8. The smallest absolute Gasteiger partial charge is 0.407 e. The molecule has 2 heterocycles. The lowest BCUT2D eigenvalue weighted by molar-refractivity contribution is 0.0481. The number of ether oxygens (including phenoxy) is 1. The molecule has 1 aromatic rings. The summed E-state index contributed by atoms with van der Waals surface area (Å²) in [5.41, 5.74) is 0.631. The van der Waals surface area contributed by atoms with Gasteiger partial charge in [0.15, 0.2) is 0 Å². The van der Waals surface area contributed by atoms with Gasteiger partial charge in [-0.1, -0.05) is 18.5 Å². The average Bonchev–Trinajstić information content (AvgIpc) is 2.42. The standard InChI is InChI=1S/C16H23ClIN3O2/c1-10-9-21(13-7-14(17)19-8-11(13)18)6-5-12(10)20-15(22)23-16(2,3)4/h7-8,10,12H,5-6,9H2,1-4H3,(H,20,22)/t10-,12-/m1/s1. The molecule has 0 aromatic carbocycles. The van der Waals surface area contributed by atoms with Crippen LogP contribution in [0.3, 0.4) is 0 Å². The number of amides is 1. The predicted molar refractivity (Wildman–Crippen MR) is 101 cm³/mol. The number of aromatic nitrogens is 1. The number of halogens is 2. The highest BCUT2D eigenvalue weighted by atomic mass is 127. The molecule has 0 unspecified atom stereocenters. The molecule has 2 rings (SSSR count). The van der Waals surface area contributed by atoms with Crippen LogP contribution < -0.4 is 10.2 Å². The topological polar surface area (TPSA) is 54.5 Å². The van der Waals surface area contributed by atoms with Gasteiger partial charge < -0.3 is 15.0 Å². The van der Waals surface area contributed by atoms with Crippen LogP contribution in [0, 0.1) is 9.49 Å². The first-order chi connectivity index (χ1) is 10.7.